The first kappa shape index (κ1) is 10.5. The molecule has 2 N–H and O–H groups in total. The summed E-state index contributed by atoms with van der Waals surface area (Å²) in [5.74, 6) is 0.729. The zero-order valence-corrected chi connectivity index (χ0v) is 9.51. The van der Waals surface area contributed by atoms with Crippen molar-refractivity contribution in [3.8, 4) is 0 Å². The smallest absolute Gasteiger partial charge is 0.237 e. The van der Waals surface area contributed by atoms with Crippen LogP contribution in [0.3, 0.4) is 0 Å². The van der Waals surface area contributed by atoms with Crippen molar-refractivity contribution in [3.63, 3.8) is 0 Å². The number of nitrogens with zero attached hydrogens (tertiary/aromatic N) is 1. The molecule has 1 aliphatic heterocycles. The maximum Gasteiger partial charge on any atom is 0.237 e. The highest BCUT2D eigenvalue weighted by molar-refractivity contribution is 8.00. The van der Waals surface area contributed by atoms with Crippen LogP contribution in [0.2, 0.25) is 0 Å². The van der Waals surface area contributed by atoms with Crippen molar-refractivity contribution in [2.75, 3.05) is 17.2 Å². The summed E-state index contributed by atoms with van der Waals surface area (Å²) in [4.78, 5) is 14.7. The van der Waals surface area contributed by atoms with Gasteiger partial charge in [-0.3, -0.25) is 4.79 Å². The number of carbonyl (C=O) groups is 1. The second-order valence-electron chi connectivity index (χ2n) is 3.43. The molecule has 0 spiro atoms. The van der Waals surface area contributed by atoms with Crippen molar-refractivity contribution in [3.05, 3.63) is 23.8 Å². The van der Waals surface area contributed by atoms with Gasteiger partial charge >= 0.3 is 0 Å². The Hall–Kier alpha value is -1.00. The normalized spacial score (nSPS) is 15.3. The lowest BCUT2D eigenvalue weighted by atomic mass is 10.2. The van der Waals surface area contributed by atoms with Crippen LogP contribution in [0.25, 0.3) is 0 Å². The number of hydrogen-bond acceptors (Lipinski definition) is 3. The third-order valence-electron chi connectivity index (χ3n) is 2.52. The van der Waals surface area contributed by atoms with E-state index in [4.69, 9.17) is 5.73 Å². The van der Waals surface area contributed by atoms with Crippen molar-refractivity contribution in [2.24, 2.45) is 5.73 Å². The van der Waals surface area contributed by atoms with Crippen molar-refractivity contribution >= 4 is 23.4 Å². The molecule has 3 nitrogen and oxygen atoms in total. The SMILES string of the molecule is CCN1C(=O)CSc2ccc(CN)cc21. The highest BCUT2D eigenvalue weighted by atomic mass is 32.2. The average molecular weight is 222 g/mol. The number of amides is 1. The lowest BCUT2D eigenvalue weighted by molar-refractivity contribution is -0.116. The Morgan fingerprint density at radius 2 is 2.33 bits per heavy atom. The summed E-state index contributed by atoms with van der Waals surface area (Å²) in [5, 5.41) is 0. The standard InChI is InChI=1S/C11H14N2OS/c1-2-13-9-5-8(6-12)3-4-10(9)15-7-11(13)14/h3-5H,2,6-7,12H2,1H3. The fourth-order valence-electron chi connectivity index (χ4n) is 1.72. The topological polar surface area (TPSA) is 46.3 Å². The second kappa shape index (κ2) is 4.24. The van der Waals surface area contributed by atoms with Gasteiger partial charge in [0.25, 0.3) is 0 Å². The zero-order valence-electron chi connectivity index (χ0n) is 8.69. The van der Waals surface area contributed by atoms with Gasteiger partial charge in [0.2, 0.25) is 5.91 Å². The Morgan fingerprint density at radius 3 is 3.00 bits per heavy atom. The molecule has 80 valence electrons. The number of nitrogens with two attached hydrogens (primary N) is 1. The van der Waals surface area contributed by atoms with Crippen LogP contribution in [-0.4, -0.2) is 18.2 Å². The minimum atomic E-state index is 0.184. The Morgan fingerprint density at radius 1 is 1.53 bits per heavy atom. The van der Waals surface area contributed by atoms with Crippen LogP contribution in [0, 0.1) is 0 Å². The van der Waals surface area contributed by atoms with E-state index in [0.29, 0.717) is 12.3 Å². The minimum absolute atomic E-state index is 0.184. The number of carbonyl (C=O) groups excluding carboxylic acids is 1. The Labute approximate surface area is 93.6 Å². The Bertz CT molecular complexity index is 392. The van der Waals surface area contributed by atoms with Gasteiger partial charge in [0.1, 0.15) is 0 Å². The summed E-state index contributed by atoms with van der Waals surface area (Å²) in [6.07, 6.45) is 0. The van der Waals surface area contributed by atoms with E-state index in [1.54, 1.807) is 11.8 Å². The maximum atomic E-state index is 11.7. The maximum absolute atomic E-state index is 11.7. The van der Waals surface area contributed by atoms with E-state index < -0.39 is 0 Å². The summed E-state index contributed by atoms with van der Waals surface area (Å²) in [7, 11) is 0. The average Bonchev–Trinajstić information content (AvgIpc) is 2.28. The van der Waals surface area contributed by atoms with Crippen molar-refractivity contribution in [1.29, 1.82) is 0 Å². The number of thioether (sulfide) groups is 1. The highest BCUT2D eigenvalue weighted by Gasteiger charge is 2.23. The fourth-order valence-corrected chi connectivity index (χ4v) is 2.64. The molecule has 0 saturated heterocycles. The number of benzene rings is 1. The molecule has 1 aromatic rings. The van der Waals surface area contributed by atoms with Crippen LogP contribution in [0.5, 0.6) is 0 Å². The van der Waals surface area contributed by atoms with Crippen LogP contribution in [0.1, 0.15) is 12.5 Å². The molecule has 1 aromatic carbocycles. The molecule has 0 unspecified atom stereocenters. The van der Waals surface area contributed by atoms with E-state index in [9.17, 15) is 4.79 Å². The molecule has 15 heavy (non-hydrogen) atoms. The van der Waals surface area contributed by atoms with Gasteiger partial charge in [0, 0.05) is 18.0 Å². The quantitative estimate of drug-likeness (QED) is 0.826. The van der Waals surface area contributed by atoms with Crippen LogP contribution >= 0.6 is 11.8 Å². The second-order valence-corrected chi connectivity index (χ2v) is 4.45. The van der Waals surface area contributed by atoms with Gasteiger partial charge in [-0.15, -0.1) is 11.8 Å². The molecular weight excluding hydrogens is 208 g/mol. The van der Waals surface area contributed by atoms with Gasteiger partial charge in [-0.1, -0.05) is 6.07 Å². The predicted molar refractivity (Wildman–Crippen MR) is 63.1 cm³/mol. The van der Waals surface area contributed by atoms with Gasteiger partial charge in [0.05, 0.1) is 11.4 Å². The Balaban J connectivity index is 2.45. The number of anilines is 1. The van der Waals surface area contributed by atoms with E-state index in [1.807, 2.05) is 24.0 Å². The first-order valence-corrected chi connectivity index (χ1v) is 6.01. The van der Waals surface area contributed by atoms with Gasteiger partial charge in [0.15, 0.2) is 0 Å². The predicted octanol–water partition coefficient (Wildman–Crippen LogP) is 1.60. The van der Waals surface area contributed by atoms with Crippen molar-refractivity contribution < 1.29 is 4.79 Å². The molecule has 0 radical (unpaired) electrons. The lowest BCUT2D eigenvalue weighted by Crippen LogP contribution is -2.35. The molecule has 0 fully saturated rings. The van der Waals surface area contributed by atoms with Crippen LogP contribution in [0.15, 0.2) is 23.1 Å². The van der Waals surface area contributed by atoms with E-state index in [2.05, 4.69) is 6.07 Å². The molecule has 0 atom stereocenters. The number of rotatable bonds is 2. The van der Waals surface area contributed by atoms with E-state index in [-0.39, 0.29) is 5.91 Å². The summed E-state index contributed by atoms with van der Waals surface area (Å²) in [6, 6.07) is 6.09. The van der Waals surface area contributed by atoms with E-state index in [1.165, 1.54) is 4.90 Å². The third kappa shape index (κ3) is 1.87. The number of hydrogen-bond donors (Lipinski definition) is 1. The molecule has 0 saturated carbocycles. The summed E-state index contributed by atoms with van der Waals surface area (Å²) >= 11 is 1.60. The molecule has 1 amide bonds. The van der Waals surface area contributed by atoms with E-state index in [0.717, 1.165) is 17.8 Å². The first-order chi connectivity index (χ1) is 7.26. The first-order valence-electron chi connectivity index (χ1n) is 5.02. The monoisotopic (exact) mass is 222 g/mol. The third-order valence-corrected chi connectivity index (χ3v) is 3.57. The van der Waals surface area contributed by atoms with E-state index >= 15 is 0 Å². The van der Waals surface area contributed by atoms with Crippen LogP contribution in [-0.2, 0) is 11.3 Å². The molecule has 0 aliphatic carbocycles. The molecule has 4 heteroatoms. The van der Waals surface area contributed by atoms with Gasteiger partial charge < -0.3 is 10.6 Å². The molecule has 1 heterocycles. The zero-order chi connectivity index (χ0) is 10.8. The van der Waals surface area contributed by atoms with Crippen molar-refractivity contribution in [2.45, 2.75) is 18.4 Å². The van der Waals surface area contributed by atoms with Crippen LogP contribution in [0.4, 0.5) is 5.69 Å². The van der Waals surface area contributed by atoms with Crippen molar-refractivity contribution in [1.82, 2.24) is 0 Å². The highest BCUT2D eigenvalue weighted by Crippen LogP contribution is 2.35. The fraction of sp³-hybridized carbons (Fsp3) is 0.364. The summed E-state index contributed by atoms with van der Waals surface area (Å²) < 4.78 is 0. The van der Waals surface area contributed by atoms with Gasteiger partial charge in [-0.05, 0) is 24.6 Å². The Kier molecular flexibility index (Phi) is 2.98. The van der Waals surface area contributed by atoms with Gasteiger partial charge in [-0.25, -0.2) is 0 Å². The molecule has 0 bridgehead atoms. The number of fused-ring (bicyclic) bond motifs is 1. The summed E-state index contributed by atoms with van der Waals surface area (Å²) in [6.45, 7) is 3.23. The molecule has 0 aromatic heterocycles. The molecule has 1 aliphatic rings. The van der Waals surface area contributed by atoms with Gasteiger partial charge in [-0.2, -0.15) is 0 Å². The lowest BCUT2D eigenvalue weighted by Gasteiger charge is -2.28. The minimum Gasteiger partial charge on any atom is -0.326 e. The summed E-state index contributed by atoms with van der Waals surface area (Å²) in [5.41, 5.74) is 7.68. The largest absolute Gasteiger partial charge is 0.326 e. The molecule has 2 rings (SSSR count). The molecular formula is C11H14N2OS. The van der Waals surface area contributed by atoms with Crippen LogP contribution < -0.4 is 10.6 Å².